The van der Waals surface area contributed by atoms with Gasteiger partial charge >= 0.3 is 0 Å². The standard InChI is InChI=1S/C12H12N4O2S2/c1-8(2)11-14-12(19-15-11)16-20(17,18)10-5-3-9(7-13)4-6-10/h3-6,8H,1-2H3,(H,14,15,16). The molecule has 1 N–H and O–H groups in total. The van der Waals surface area contributed by atoms with Gasteiger partial charge in [0.25, 0.3) is 10.0 Å². The lowest BCUT2D eigenvalue weighted by molar-refractivity contribution is 0.601. The van der Waals surface area contributed by atoms with Crippen LogP contribution in [0.4, 0.5) is 5.13 Å². The van der Waals surface area contributed by atoms with Crippen molar-refractivity contribution in [3.8, 4) is 6.07 Å². The third-order valence-electron chi connectivity index (χ3n) is 2.47. The van der Waals surface area contributed by atoms with Gasteiger partial charge < -0.3 is 0 Å². The van der Waals surface area contributed by atoms with Gasteiger partial charge in [-0.2, -0.15) is 9.64 Å². The summed E-state index contributed by atoms with van der Waals surface area (Å²) in [6, 6.07) is 7.60. The molecule has 0 saturated carbocycles. The molecule has 104 valence electrons. The Hall–Kier alpha value is -1.98. The Labute approximate surface area is 121 Å². The van der Waals surface area contributed by atoms with E-state index in [1.807, 2.05) is 19.9 Å². The highest BCUT2D eigenvalue weighted by Crippen LogP contribution is 2.21. The zero-order chi connectivity index (χ0) is 14.8. The SMILES string of the molecule is CC(C)c1nsc(NS(=O)(=O)c2ccc(C#N)cc2)n1. The first kappa shape index (κ1) is 14.4. The average Bonchev–Trinajstić information content (AvgIpc) is 2.87. The second-order valence-electron chi connectivity index (χ2n) is 4.35. The molecule has 6 nitrogen and oxygen atoms in total. The van der Waals surface area contributed by atoms with Crippen LogP contribution in [0.3, 0.4) is 0 Å². The number of nitrogens with one attached hydrogen (secondary N) is 1. The fourth-order valence-corrected chi connectivity index (χ4v) is 3.33. The number of aromatic nitrogens is 2. The van der Waals surface area contributed by atoms with Gasteiger partial charge in [0, 0.05) is 17.5 Å². The highest BCUT2D eigenvalue weighted by molar-refractivity contribution is 7.93. The Morgan fingerprint density at radius 3 is 2.45 bits per heavy atom. The average molecular weight is 308 g/mol. The lowest BCUT2D eigenvalue weighted by Gasteiger charge is -2.04. The molecule has 0 amide bonds. The Bertz CT molecular complexity index is 743. The van der Waals surface area contributed by atoms with Crippen LogP contribution in [0.25, 0.3) is 0 Å². The molecule has 8 heteroatoms. The van der Waals surface area contributed by atoms with Crippen LogP contribution >= 0.6 is 11.5 Å². The predicted molar refractivity (Wildman–Crippen MR) is 76.0 cm³/mol. The summed E-state index contributed by atoms with van der Waals surface area (Å²) in [4.78, 5) is 4.20. The van der Waals surface area contributed by atoms with Crippen molar-refractivity contribution in [1.82, 2.24) is 9.36 Å². The van der Waals surface area contributed by atoms with E-state index in [0.717, 1.165) is 11.5 Å². The number of sulfonamides is 1. The van der Waals surface area contributed by atoms with E-state index in [0.29, 0.717) is 11.4 Å². The molecule has 0 aliphatic rings. The topological polar surface area (TPSA) is 95.7 Å². The van der Waals surface area contributed by atoms with E-state index in [9.17, 15) is 8.42 Å². The van der Waals surface area contributed by atoms with E-state index in [2.05, 4.69) is 14.1 Å². The Balaban J connectivity index is 2.23. The molecular formula is C12H12N4O2S2. The molecule has 1 aromatic carbocycles. The normalized spacial score (nSPS) is 11.3. The number of hydrogen-bond donors (Lipinski definition) is 1. The fraction of sp³-hybridized carbons (Fsp3) is 0.250. The number of anilines is 1. The third-order valence-corrected chi connectivity index (χ3v) is 4.60. The largest absolute Gasteiger partial charge is 0.263 e. The zero-order valence-electron chi connectivity index (χ0n) is 10.9. The van der Waals surface area contributed by atoms with Crippen molar-refractivity contribution in [2.75, 3.05) is 4.72 Å². The molecule has 0 saturated heterocycles. The van der Waals surface area contributed by atoms with E-state index >= 15 is 0 Å². The molecule has 0 spiro atoms. The van der Waals surface area contributed by atoms with E-state index in [4.69, 9.17) is 5.26 Å². The summed E-state index contributed by atoms with van der Waals surface area (Å²) >= 11 is 1.00. The summed E-state index contributed by atoms with van der Waals surface area (Å²) in [5, 5.41) is 8.92. The minimum atomic E-state index is -3.70. The van der Waals surface area contributed by atoms with Crippen molar-refractivity contribution in [2.24, 2.45) is 0 Å². The number of rotatable bonds is 4. The zero-order valence-corrected chi connectivity index (χ0v) is 12.5. The van der Waals surface area contributed by atoms with Crippen molar-refractivity contribution in [1.29, 1.82) is 5.26 Å². The first-order chi connectivity index (χ1) is 9.42. The molecule has 20 heavy (non-hydrogen) atoms. The molecule has 0 aliphatic carbocycles. The van der Waals surface area contributed by atoms with Gasteiger partial charge in [0.15, 0.2) is 0 Å². The second-order valence-corrected chi connectivity index (χ2v) is 6.79. The smallest absolute Gasteiger partial charge is 0.253 e. The second kappa shape index (κ2) is 5.56. The maximum Gasteiger partial charge on any atom is 0.263 e. The number of nitriles is 1. The maximum atomic E-state index is 12.1. The van der Waals surface area contributed by atoms with Crippen LogP contribution in [-0.4, -0.2) is 17.8 Å². The monoisotopic (exact) mass is 308 g/mol. The van der Waals surface area contributed by atoms with Gasteiger partial charge in [-0.05, 0) is 24.3 Å². The molecule has 2 rings (SSSR count). The van der Waals surface area contributed by atoms with E-state index in [-0.39, 0.29) is 15.9 Å². The lowest BCUT2D eigenvalue weighted by Crippen LogP contribution is -2.12. The summed E-state index contributed by atoms with van der Waals surface area (Å²) in [5.74, 6) is 0.743. The van der Waals surface area contributed by atoms with Crippen molar-refractivity contribution in [3.05, 3.63) is 35.7 Å². The van der Waals surface area contributed by atoms with Crippen LogP contribution in [0.5, 0.6) is 0 Å². The summed E-state index contributed by atoms with van der Waals surface area (Å²) < 4.78 is 30.7. The molecule has 1 heterocycles. The van der Waals surface area contributed by atoms with Crippen LogP contribution in [0.1, 0.15) is 31.2 Å². The van der Waals surface area contributed by atoms with Gasteiger partial charge in [-0.3, -0.25) is 4.72 Å². The summed E-state index contributed by atoms with van der Waals surface area (Å²) in [6.45, 7) is 3.86. The van der Waals surface area contributed by atoms with E-state index in [1.54, 1.807) is 0 Å². The van der Waals surface area contributed by atoms with E-state index < -0.39 is 10.0 Å². The molecule has 1 aromatic heterocycles. The number of benzene rings is 1. The van der Waals surface area contributed by atoms with Crippen molar-refractivity contribution < 1.29 is 8.42 Å². The van der Waals surface area contributed by atoms with Crippen LogP contribution in [0.15, 0.2) is 29.2 Å². The highest BCUT2D eigenvalue weighted by atomic mass is 32.2. The molecule has 0 radical (unpaired) electrons. The van der Waals surface area contributed by atoms with Crippen molar-refractivity contribution in [2.45, 2.75) is 24.7 Å². The van der Waals surface area contributed by atoms with E-state index in [1.165, 1.54) is 24.3 Å². The molecule has 0 fully saturated rings. The summed E-state index contributed by atoms with van der Waals surface area (Å²) in [7, 11) is -3.70. The van der Waals surface area contributed by atoms with Gasteiger partial charge in [0.1, 0.15) is 5.82 Å². The minimum absolute atomic E-state index is 0.0813. The van der Waals surface area contributed by atoms with Gasteiger partial charge in [0.05, 0.1) is 16.5 Å². The molecule has 0 aliphatic heterocycles. The first-order valence-corrected chi connectivity index (χ1v) is 8.04. The summed E-state index contributed by atoms with van der Waals surface area (Å²) in [6.07, 6.45) is 0. The molecule has 0 unspecified atom stereocenters. The highest BCUT2D eigenvalue weighted by Gasteiger charge is 2.17. The Kier molecular flexibility index (Phi) is 4.01. The lowest BCUT2D eigenvalue weighted by atomic mass is 10.2. The quantitative estimate of drug-likeness (QED) is 0.935. The Morgan fingerprint density at radius 1 is 1.30 bits per heavy atom. The number of nitrogens with zero attached hydrogens (tertiary/aromatic N) is 3. The van der Waals surface area contributed by atoms with Crippen molar-refractivity contribution >= 4 is 26.7 Å². The maximum absolute atomic E-state index is 12.1. The van der Waals surface area contributed by atoms with Gasteiger partial charge in [-0.1, -0.05) is 13.8 Å². The van der Waals surface area contributed by atoms with Gasteiger partial charge in [0.2, 0.25) is 5.13 Å². The molecule has 0 bridgehead atoms. The molecule has 0 atom stereocenters. The predicted octanol–water partition coefficient (Wildman–Crippen LogP) is 2.33. The van der Waals surface area contributed by atoms with Crippen LogP contribution < -0.4 is 4.72 Å². The molecular weight excluding hydrogens is 296 g/mol. The Morgan fingerprint density at radius 2 is 1.95 bits per heavy atom. The first-order valence-electron chi connectivity index (χ1n) is 5.79. The van der Waals surface area contributed by atoms with Crippen molar-refractivity contribution in [3.63, 3.8) is 0 Å². The molecule has 2 aromatic rings. The van der Waals surface area contributed by atoms with Crippen LogP contribution in [0.2, 0.25) is 0 Å². The van der Waals surface area contributed by atoms with Gasteiger partial charge in [-0.15, -0.1) is 0 Å². The minimum Gasteiger partial charge on any atom is -0.253 e. The fourth-order valence-electron chi connectivity index (χ4n) is 1.39. The van der Waals surface area contributed by atoms with Crippen LogP contribution in [0, 0.1) is 11.3 Å². The van der Waals surface area contributed by atoms with Crippen LogP contribution in [-0.2, 0) is 10.0 Å². The summed E-state index contributed by atoms with van der Waals surface area (Å²) in [5.41, 5.74) is 0.405. The third kappa shape index (κ3) is 3.12. The number of hydrogen-bond acceptors (Lipinski definition) is 6. The van der Waals surface area contributed by atoms with Gasteiger partial charge in [-0.25, -0.2) is 13.4 Å².